The van der Waals surface area contributed by atoms with Crippen LogP contribution in [0.3, 0.4) is 0 Å². The molecule has 0 heterocycles. The van der Waals surface area contributed by atoms with Crippen LogP contribution in [0.1, 0.15) is 40.0 Å². The molecule has 0 aromatic rings. The lowest BCUT2D eigenvalue weighted by atomic mass is 10.0. The number of guanidine groups is 1. The molecule has 0 rings (SSSR count). The molecule has 190 valence electrons. The number of aliphatic hydroxyl groups excluding tert-OH is 2. The molecule has 0 aromatic heterocycles. The van der Waals surface area contributed by atoms with E-state index in [4.69, 9.17) is 17.2 Å². The van der Waals surface area contributed by atoms with E-state index in [2.05, 4.69) is 20.9 Å². The number of carboxylic acids is 1. The van der Waals surface area contributed by atoms with Crippen molar-refractivity contribution in [3.05, 3.63) is 0 Å². The molecule has 0 saturated carbocycles. The second-order valence-corrected chi connectivity index (χ2v) is 8.05. The zero-order chi connectivity index (χ0) is 25.7. The van der Waals surface area contributed by atoms with Crippen LogP contribution in [-0.2, 0) is 19.2 Å². The lowest BCUT2D eigenvalue weighted by Gasteiger charge is -2.25. The highest BCUT2D eigenvalue weighted by Gasteiger charge is 2.31. The van der Waals surface area contributed by atoms with Crippen molar-refractivity contribution in [3.8, 4) is 0 Å². The van der Waals surface area contributed by atoms with Gasteiger partial charge in [-0.05, 0) is 32.1 Å². The van der Waals surface area contributed by atoms with E-state index in [-0.39, 0.29) is 31.3 Å². The molecular formula is C19H37N7O7. The standard InChI is InChI=1S/C19H37N7O7/c1-9(2)7-12(15(29)24-11(18(32)33)5-4-6-23-19(21)22)25-16(30)13(8-27)26-17(31)14(20)10(3)28/h9-14,27-28H,4-8,20H2,1-3H3,(H,24,29)(H,25,30)(H,26,31)(H,32,33)(H4,21,22,23). The fraction of sp³-hybridized carbons (Fsp3) is 0.737. The monoisotopic (exact) mass is 475 g/mol. The van der Waals surface area contributed by atoms with Crippen LogP contribution in [0.15, 0.2) is 4.99 Å². The number of hydrogen-bond acceptors (Lipinski definition) is 8. The summed E-state index contributed by atoms with van der Waals surface area (Å²) in [6.07, 6.45) is -0.686. The number of carbonyl (C=O) groups excluding carboxylic acids is 3. The van der Waals surface area contributed by atoms with Crippen molar-refractivity contribution in [2.75, 3.05) is 13.2 Å². The Bertz CT molecular complexity index is 696. The van der Waals surface area contributed by atoms with Crippen molar-refractivity contribution in [3.63, 3.8) is 0 Å². The van der Waals surface area contributed by atoms with Gasteiger partial charge in [0.15, 0.2) is 5.96 Å². The minimum atomic E-state index is -1.43. The first-order valence-electron chi connectivity index (χ1n) is 10.5. The molecule has 0 aliphatic heterocycles. The normalized spacial score (nSPS) is 15.5. The van der Waals surface area contributed by atoms with Crippen molar-refractivity contribution in [1.82, 2.24) is 16.0 Å². The van der Waals surface area contributed by atoms with Crippen LogP contribution in [0.4, 0.5) is 0 Å². The third-order valence-corrected chi connectivity index (χ3v) is 4.54. The highest BCUT2D eigenvalue weighted by atomic mass is 16.4. The molecule has 14 nitrogen and oxygen atoms in total. The van der Waals surface area contributed by atoms with Crippen molar-refractivity contribution in [2.45, 2.75) is 70.3 Å². The van der Waals surface area contributed by atoms with E-state index in [1.807, 2.05) is 0 Å². The maximum atomic E-state index is 12.7. The number of aliphatic imine (C=N–C) groups is 1. The van der Waals surface area contributed by atoms with Crippen LogP contribution in [0.25, 0.3) is 0 Å². The van der Waals surface area contributed by atoms with Gasteiger partial charge in [0.05, 0.1) is 12.7 Å². The molecule has 0 aromatic carbocycles. The zero-order valence-electron chi connectivity index (χ0n) is 19.2. The fourth-order valence-corrected chi connectivity index (χ4v) is 2.69. The quantitative estimate of drug-likeness (QED) is 0.0636. The molecule has 0 fully saturated rings. The van der Waals surface area contributed by atoms with Gasteiger partial charge in [0.2, 0.25) is 17.7 Å². The first kappa shape index (κ1) is 30.0. The number of carbonyl (C=O) groups is 4. The van der Waals surface area contributed by atoms with Crippen LogP contribution < -0.4 is 33.2 Å². The molecule has 5 atom stereocenters. The molecule has 3 amide bonds. The first-order chi connectivity index (χ1) is 15.3. The topological polar surface area (TPSA) is 255 Å². The summed E-state index contributed by atoms with van der Waals surface area (Å²) in [5.41, 5.74) is 15.9. The molecular weight excluding hydrogens is 438 g/mol. The predicted molar refractivity (Wildman–Crippen MR) is 120 cm³/mol. The van der Waals surface area contributed by atoms with Gasteiger partial charge in [-0.3, -0.25) is 19.4 Å². The molecule has 0 aliphatic carbocycles. The fourth-order valence-electron chi connectivity index (χ4n) is 2.69. The lowest BCUT2D eigenvalue weighted by molar-refractivity contribution is -0.142. The van der Waals surface area contributed by atoms with Crippen LogP contribution in [0, 0.1) is 5.92 Å². The Hall–Kier alpha value is -2.97. The average molecular weight is 476 g/mol. The summed E-state index contributed by atoms with van der Waals surface area (Å²) in [5.74, 6) is -3.94. The van der Waals surface area contributed by atoms with Gasteiger partial charge in [-0.2, -0.15) is 0 Å². The maximum Gasteiger partial charge on any atom is 0.326 e. The summed E-state index contributed by atoms with van der Waals surface area (Å²) in [6, 6.07) is -5.12. The Morgan fingerprint density at radius 2 is 1.42 bits per heavy atom. The molecule has 14 heteroatoms. The highest BCUT2D eigenvalue weighted by molar-refractivity contribution is 5.94. The van der Waals surface area contributed by atoms with E-state index in [0.29, 0.717) is 6.42 Å². The van der Waals surface area contributed by atoms with Gasteiger partial charge in [0.1, 0.15) is 24.2 Å². The maximum absolute atomic E-state index is 12.7. The SMILES string of the molecule is CC(C)CC(NC(=O)C(CO)NC(=O)C(N)C(C)O)C(=O)NC(CCCN=C(N)N)C(=O)O. The van der Waals surface area contributed by atoms with E-state index in [0.717, 1.165) is 0 Å². The second kappa shape index (κ2) is 15.0. The minimum absolute atomic E-state index is 0.0484. The van der Waals surface area contributed by atoms with E-state index < -0.39 is 60.6 Å². The van der Waals surface area contributed by atoms with Gasteiger partial charge in [-0.15, -0.1) is 0 Å². The number of nitrogens with two attached hydrogens (primary N) is 3. The predicted octanol–water partition coefficient (Wildman–Crippen LogP) is -3.67. The van der Waals surface area contributed by atoms with Crippen molar-refractivity contribution in [1.29, 1.82) is 0 Å². The van der Waals surface area contributed by atoms with Crippen molar-refractivity contribution < 1.29 is 34.5 Å². The van der Waals surface area contributed by atoms with Crippen LogP contribution in [-0.4, -0.2) is 88.4 Å². The summed E-state index contributed by atoms with van der Waals surface area (Å²) in [7, 11) is 0. The molecule has 0 spiro atoms. The summed E-state index contributed by atoms with van der Waals surface area (Å²) in [6.45, 7) is 4.27. The molecule has 33 heavy (non-hydrogen) atoms. The van der Waals surface area contributed by atoms with E-state index in [9.17, 15) is 34.5 Å². The number of carboxylic acid groups (broad SMARTS) is 1. The minimum Gasteiger partial charge on any atom is -0.480 e. The van der Waals surface area contributed by atoms with Gasteiger partial charge in [-0.25, -0.2) is 4.79 Å². The van der Waals surface area contributed by atoms with E-state index in [1.54, 1.807) is 13.8 Å². The Balaban J connectivity index is 5.25. The van der Waals surface area contributed by atoms with Crippen molar-refractivity contribution >= 4 is 29.7 Å². The molecule has 0 bridgehead atoms. The summed E-state index contributed by atoms with van der Waals surface area (Å²) in [4.78, 5) is 52.6. The summed E-state index contributed by atoms with van der Waals surface area (Å²) >= 11 is 0. The first-order valence-corrected chi connectivity index (χ1v) is 10.5. The Morgan fingerprint density at radius 1 is 0.909 bits per heavy atom. The molecule has 5 unspecified atom stereocenters. The van der Waals surface area contributed by atoms with E-state index >= 15 is 0 Å². The van der Waals surface area contributed by atoms with Gasteiger partial charge in [0, 0.05) is 6.54 Å². The number of hydrogen-bond donors (Lipinski definition) is 9. The van der Waals surface area contributed by atoms with Crippen LogP contribution in [0.2, 0.25) is 0 Å². The lowest BCUT2D eigenvalue weighted by Crippen LogP contribution is -2.59. The Morgan fingerprint density at radius 3 is 1.88 bits per heavy atom. The highest BCUT2D eigenvalue weighted by Crippen LogP contribution is 2.07. The number of aliphatic carboxylic acids is 1. The zero-order valence-corrected chi connectivity index (χ0v) is 19.2. The third-order valence-electron chi connectivity index (χ3n) is 4.54. The molecule has 0 saturated heterocycles. The second-order valence-electron chi connectivity index (χ2n) is 8.05. The average Bonchev–Trinajstić information content (AvgIpc) is 2.71. The van der Waals surface area contributed by atoms with Crippen molar-refractivity contribution in [2.24, 2.45) is 28.1 Å². The number of rotatable bonds is 15. The summed E-state index contributed by atoms with van der Waals surface area (Å²) in [5, 5.41) is 35.3. The third kappa shape index (κ3) is 12.0. The van der Waals surface area contributed by atoms with Gasteiger partial charge < -0.3 is 48.5 Å². The van der Waals surface area contributed by atoms with E-state index in [1.165, 1.54) is 6.92 Å². The number of nitrogens with one attached hydrogen (secondary N) is 3. The Kier molecular flexibility index (Phi) is 13.6. The van der Waals surface area contributed by atoms with Gasteiger partial charge >= 0.3 is 5.97 Å². The largest absolute Gasteiger partial charge is 0.480 e. The molecule has 0 radical (unpaired) electrons. The van der Waals surface area contributed by atoms with Gasteiger partial charge in [0.25, 0.3) is 0 Å². The number of aliphatic hydroxyl groups is 2. The summed E-state index contributed by atoms with van der Waals surface area (Å²) < 4.78 is 0. The number of amides is 3. The molecule has 0 aliphatic rings. The van der Waals surface area contributed by atoms with Crippen LogP contribution >= 0.6 is 0 Å². The number of nitrogens with zero attached hydrogens (tertiary/aromatic N) is 1. The Labute approximate surface area is 192 Å². The molecule has 12 N–H and O–H groups in total. The smallest absolute Gasteiger partial charge is 0.326 e. The van der Waals surface area contributed by atoms with Crippen LogP contribution in [0.5, 0.6) is 0 Å². The van der Waals surface area contributed by atoms with Gasteiger partial charge in [-0.1, -0.05) is 13.8 Å².